The van der Waals surface area contributed by atoms with E-state index in [9.17, 15) is 4.39 Å². The zero-order chi connectivity index (χ0) is 7.84. The summed E-state index contributed by atoms with van der Waals surface area (Å²) >= 11 is 0. The zero-order valence-corrected chi connectivity index (χ0v) is 5.53. The van der Waals surface area contributed by atoms with Gasteiger partial charge in [0.2, 0.25) is 5.88 Å². The molecule has 0 bridgehead atoms. The van der Waals surface area contributed by atoms with Crippen LogP contribution in [0.3, 0.4) is 0 Å². The predicted octanol–water partition coefficient (Wildman–Crippen LogP) is 1.18. The van der Waals surface area contributed by atoms with Gasteiger partial charge in [0.15, 0.2) is 11.5 Å². The first-order valence-corrected chi connectivity index (χ1v) is 3.09. The molecule has 0 saturated carbocycles. The molecule has 0 spiro atoms. The van der Waals surface area contributed by atoms with E-state index < -0.39 is 5.82 Å². The lowest BCUT2D eigenvalue weighted by atomic mass is 10.4. The van der Waals surface area contributed by atoms with Gasteiger partial charge < -0.3 is 9.51 Å². The molecule has 56 valence electrons. The lowest BCUT2D eigenvalue weighted by molar-refractivity contribution is 0.457. The van der Waals surface area contributed by atoms with E-state index in [1.54, 1.807) is 12.3 Å². The molecule has 0 aliphatic rings. The average Bonchev–Trinajstić information content (AvgIpc) is 2.31. The zero-order valence-electron chi connectivity index (χ0n) is 5.53. The lowest BCUT2D eigenvalue weighted by Crippen LogP contribution is -1.84. The van der Waals surface area contributed by atoms with Gasteiger partial charge in [0.05, 0.1) is 6.20 Å². The number of nitrogens with zero attached hydrogens (tertiary/aromatic N) is 2. The number of imidazole rings is 1. The minimum absolute atomic E-state index is 0.144. The monoisotopic (exact) mass is 152 g/mol. The third-order valence-corrected chi connectivity index (χ3v) is 1.42. The Morgan fingerprint density at radius 2 is 2.36 bits per heavy atom. The largest absolute Gasteiger partial charge is 0.492 e. The number of hydrogen-bond donors (Lipinski definition) is 1. The number of aromatic nitrogens is 2. The first-order chi connectivity index (χ1) is 5.27. The van der Waals surface area contributed by atoms with E-state index in [0.717, 1.165) is 0 Å². The van der Waals surface area contributed by atoms with E-state index in [0.29, 0.717) is 0 Å². The van der Waals surface area contributed by atoms with Crippen LogP contribution >= 0.6 is 0 Å². The van der Waals surface area contributed by atoms with Gasteiger partial charge in [0.25, 0.3) is 0 Å². The summed E-state index contributed by atoms with van der Waals surface area (Å²) in [6.45, 7) is 0. The van der Waals surface area contributed by atoms with Crippen molar-refractivity contribution in [2.45, 2.75) is 0 Å². The fraction of sp³-hybridized carbons (Fsp3) is 0. The van der Waals surface area contributed by atoms with Crippen LogP contribution in [0.5, 0.6) is 5.88 Å². The summed E-state index contributed by atoms with van der Waals surface area (Å²) < 4.78 is 14.2. The molecule has 2 aromatic heterocycles. The van der Waals surface area contributed by atoms with Crippen LogP contribution in [0.2, 0.25) is 0 Å². The molecule has 2 rings (SSSR count). The summed E-state index contributed by atoms with van der Waals surface area (Å²) in [5.74, 6) is -0.608. The van der Waals surface area contributed by atoms with Gasteiger partial charge in [-0.3, -0.25) is 0 Å². The van der Waals surface area contributed by atoms with Crippen molar-refractivity contribution in [3.05, 3.63) is 30.3 Å². The molecular formula is C7H5FN2O. The minimum atomic E-state index is -0.437. The van der Waals surface area contributed by atoms with Crippen molar-refractivity contribution in [2.75, 3.05) is 0 Å². The van der Waals surface area contributed by atoms with Crippen LogP contribution in [0.15, 0.2) is 24.5 Å². The van der Waals surface area contributed by atoms with E-state index in [2.05, 4.69) is 4.98 Å². The molecule has 4 heteroatoms. The third kappa shape index (κ3) is 0.832. The Hall–Kier alpha value is -1.58. The standard InChI is InChI=1S/C7H5FN2O/c8-5-2-1-3-10-4-6(11)9-7(5)10/h1-4,11H. The van der Waals surface area contributed by atoms with Crippen LogP contribution in [0.25, 0.3) is 5.65 Å². The van der Waals surface area contributed by atoms with Crippen LogP contribution in [0, 0.1) is 5.82 Å². The number of fused-ring (bicyclic) bond motifs is 1. The number of hydrogen-bond acceptors (Lipinski definition) is 2. The Balaban J connectivity index is 2.90. The molecule has 0 aliphatic heterocycles. The smallest absolute Gasteiger partial charge is 0.230 e. The first kappa shape index (κ1) is 6.15. The first-order valence-electron chi connectivity index (χ1n) is 3.09. The van der Waals surface area contributed by atoms with Crippen LogP contribution < -0.4 is 0 Å². The lowest BCUT2D eigenvalue weighted by Gasteiger charge is -1.90. The second kappa shape index (κ2) is 1.95. The Bertz CT molecular complexity index is 396. The maximum absolute atomic E-state index is 12.8. The highest BCUT2D eigenvalue weighted by atomic mass is 19.1. The third-order valence-electron chi connectivity index (χ3n) is 1.42. The molecule has 2 heterocycles. The van der Waals surface area contributed by atoms with Crippen molar-refractivity contribution < 1.29 is 9.50 Å². The second-order valence-corrected chi connectivity index (χ2v) is 2.19. The maximum Gasteiger partial charge on any atom is 0.230 e. The minimum Gasteiger partial charge on any atom is -0.492 e. The van der Waals surface area contributed by atoms with E-state index in [4.69, 9.17) is 5.11 Å². The van der Waals surface area contributed by atoms with Crippen molar-refractivity contribution in [3.63, 3.8) is 0 Å². The van der Waals surface area contributed by atoms with Crippen LogP contribution in [0.4, 0.5) is 4.39 Å². The summed E-state index contributed by atoms with van der Waals surface area (Å²) in [5, 5.41) is 8.88. The average molecular weight is 152 g/mol. The van der Waals surface area contributed by atoms with Crippen LogP contribution in [0.1, 0.15) is 0 Å². The summed E-state index contributed by atoms with van der Waals surface area (Å²) in [5.41, 5.74) is 0.144. The Morgan fingerprint density at radius 1 is 1.55 bits per heavy atom. The van der Waals surface area contributed by atoms with Gasteiger partial charge in [-0.05, 0) is 12.1 Å². The van der Waals surface area contributed by atoms with E-state index >= 15 is 0 Å². The second-order valence-electron chi connectivity index (χ2n) is 2.19. The summed E-state index contributed by atoms with van der Waals surface area (Å²) in [4.78, 5) is 3.56. The van der Waals surface area contributed by atoms with E-state index in [1.165, 1.54) is 16.7 Å². The van der Waals surface area contributed by atoms with Crippen LogP contribution in [-0.4, -0.2) is 14.5 Å². The van der Waals surface area contributed by atoms with Crippen LogP contribution in [-0.2, 0) is 0 Å². The maximum atomic E-state index is 12.8. The molecule has 0 saturated heterocycles. The molecule has 0 unspecified atom stereocenters. The summed E-state index contributed by atoms with van der Waals surface area (Å²) in [6, 6.07) is 2.84. The molecule has 0 fully saturated rings. The fourth-order valence-corrected chi connectivity index (χ4v) is 0.966. The van der Waals surface area contributed by atoms with Gasteiger partial charge in [-0.25, -0.2) is 4.39 Å². The number of rotatable bonds is 0. The molecule has 0 amide bonds. The Labute approximate surface area is 61.7 Å². The SMILES string of the molecule is Oc1cn2cccc(F)c2n1. The van der Waals surface area contributed by atoms with Crippen molar-refractivity contribution in [3.8, 4) is 5.88 Å². The predicted molar refractivity (Wildman–Crippen MR) is 36.8 cm³/mol. The number of pyridine rings is 1. The molecule has 0 aromatic carbocycles. The number of aromatic hydroxyl groups is 1. The van der Waals surface area contributed by atoms with E-state index in [1.807, 2.05) is 0 Å². The topological polar surface area (TPSA) is 37.5 Å². The quantitative estimate of drug-likeness (QED) is 0.615. The van der Waals surface area contributed by atoms with Crippen molar-refractivity contribution in [1.29, 1.82) is 0 Å². The highest BCUT2D eigenvalue weighted by Crippen LogP contribution is 2.12. The highest BCUT2D eigenvalue weighted by molar-refractivity contribution is 5.42. The molecule has 0 radical (unpaired) electrons. The Morgan fingerprint density at radius 3 is 3.09 bits per heavy atom. The molecule has 1 N–H and O–H groups in total. The van der Waals surface area contributed by atoms with Gasteiger partial charge >= 0.3 is 0 Å². The van der Waals surface area contributed by atoms with Gasteiger partial charge in [-0.1, -0.05) is 0 Å². The molecule has 2 aromatic rings. The Kier molecular flexibility index (Phi) is 1.09. The van der Waals surface area contributed by atoms with Gasteiger partial charge in [0, 0.05) is 6.20 Å². The van der Waals surface area contributed by atoms with Gasteiger partial charge in [-0.2, -0.15) is 4.98 Å². The molecular weight excluding hydrogens is 147 g/mol. The molecule has 0 aliphatic carbocycles. The normalized spacial score (nSPS) is 10.6. The van der Waals surface area contributed by atoms with Gasteiger partial charge in [-0.15, -0.1) is 0 Å². The number of halogens is 1. The van der Waals surface area contributed by atoms with Gasteiger partial charge in [0.1, 0.15) is 0 Å². The highest BCUT2D eigenvalue weighted by Gasteiger charge is 2.02. The summed E-state index contributed by atoms with van der Waals surface area (Å²) in [6.07, 6.45) is 2.96. The van der Waals surface area contributed by atoms with Crippen molar-refractivity contribution >= 4 is 5.65 Å². The summed E-state index contributed by atoms with van der Waals surface area (Å²) in [7, 11) is 0. The van der Waals surface area contributed by atoms with E-state index in [-0.39, 0.29) is 11.5 Å². The molecule has 3 nitrogen and oxygen atoms in total. The molecule has 0 atom stereocenters. The molecule has 11 heavy (non-hydrogen) atoms. The van der Waals surface area contributed by atoms with Crippen molar-refractivity contribution in [1.82, 2.24) is 9.38 Å². The fourth-order valence-electron chi connectivity index (χ4n) is 0.966. The van der Waals surface area contributed by atoms with Crippen molar-refractivity contribution in [2.24, 2.45) is 0 Å².